The molecule has 1 heterocycles. The third-order valence-corrected chi connectivity index (χ3v) is 4.86. The van der Waals surface area contributed by atoms with Gasteiger partial charge in [-0.1, -0.05) is 36.8 Å². The number of Topliss-reactive ketones (excluding diaryl/α,β-unsaturated/α-hetero) is 1. The summed E-state index contributed by atoms with van der Waals surface area (Å²) in [5.41, 5.74) is 0.709. The number of ketones is 1. The third-order valence-electron chi connectivity index (χ3n) is 4.86. The Morgan fingerprint density at radius 1 is 1.00 bits per heavy atom. The van der Waals surface area contributed by atoms with E-state index in [0.29, 0.717) is 30.2 Å². The van der Waals surface area contributed by atoms with E-state index in [1.165, 1.54) is 25.7 Å². The average Bonchev–Trinajstić information content (AvgIpc) is 2.52. The van der Waals surface area contributed by atoms with Crippen molar-refractivity contribution in [3.63, 3.8) is 0 Å². The van der Waals surface area contributed by atoms with Gasteiger partial charge in [0, 0.05) is 31.5 Å². The number of fused-ring (bicyclic) bond motifs is 2. The van der Waals surface area contributed by atoms with E-state index in [0.717, 1.165) is 13.1 Å². The molecule has 3 rings (SSSR count). The molecule has 1 aromatic rings. The summed E-state index contributed by atoms with van der Waals surface area (Å²) in [5.74, 6) is 1.63. The molecule has 1 aliphatic carbocycles. The SMILES string of the molecule is O=C(CCC(=O)N1CC2CCCC(C2)C1)c1ccccc1. The van der Waals surface area contributed by atoms with Crippen molar-refractivity contribution in [2.45, 2.75) is 38.5 Å². The van der Waals surface area contributed by atoms with E-state index in [1.807, 2.05) is 35.2 Å². The second-order valence-corrected chi connectivity index (χ2v) is 6.49. The van der Waals surface area contributed by atoms with E-state index in [2.05, 4.69) is 0 Å². The topological polar surface area (TPSA) is 37.4 Å². The Bertz CT molecular complexity index is 499. The van der Waals surface area contributed by atoms with Crippen LogP contribution >= 0.6 is 0 Å². The fraction of sp³-hybridized carbons (Fsp3) is 0.556. The van der Waals surface area contributed by atoms with Crippen LogP contribution < -0.4 is 0 Å². The van der Waals surface area contributed by atoms with Gasteiger partial charge in [-0.15, -0.1) is 0 Å². The molecule has 3 heteroatoms. The highest BCUT2D eigenvalue weighted by Crippen LogP contribution is 2.34. The van der Waals surface area contributed by atoms with Gasteiger partial charge in [0.1, 0.15) is 0 Å². The van der Waals surface area contributed by atoms with E-state index < -0.39 is 0 Å². The summed E-state index contributed by atoms with van der Waals surface area (Å²) in [7, 11) is 0. The van der Waals surface area contributed by atoms with Gasteiger partial charge in [0.15, 0.2) is 5.78 Å². The lowest BCUT2D eigenvalue weighted by molar-refractivity contribution is -0.134. The van der Waals surface area contributed by atoms with Gasteiger partial charge in [0.2, 0.25) is 5.91 Å². The number of hydrogen-bond donors (Lipinski definition) is 0. The molecule has 1 saturated carbocycles. The fourth-order valence-electron chi connectivity index (χ4n) is 3.78. The molecule has 2 unspecified atom stereocenters. The van der Waals surface area contributed by atoms with Crippen LogP contribution in [0.25, 0.3) is 0 Å². The molecule has 112 valence electrons. The van der Waals surface area contributed by atoms with Gasteiger partial charge in [0.25, 0.3) is 0 Å². The monoisotopic (exact) mass is 285 g/mol. The van der Waals surface area contributed by atoms with Gasteiger partial charge in [-0.05, 0) is 31.1 Å². The molecule has 1 aromatic carbocycles. The van der Waals surface area contributed by atoms with E-state index in [-0.39, 0.29) is 11.7 Å². The van der Waals surface area contributed by atoms with Gasteiger partial charge in [-0.2, -0.15) is 0 Å². The number of rotatable bonds is 4. The number of amides is 1. The Hall–Kier alpha value is -1.64. The molecule has 0 aromatic heterocycles. The first-order valence-corrected chi connectivity index (χ1v) is 8.08. The lowest BCUT2D eigenvalue weighted by Crippen LogP contribution is -2.45. The van der Waals surface area contributed by atoms with Crippen molar-refractivity contribution in [2.75, 3.05) is 13.1 Å². The number of carbonyl (C=O) groups is 2. The zero-order chi connectivity index (χ0) is 14.7. The molecular formula is C18H23NO2. The first kappa shape index (κ1) is 14.3. The molecular weight excluding hydrogens is 262 g/mol. The maximum absolute atomic E-state index is 12.3. The lowest BCUT2D eigenvalue weighted by atomic mass is 9.78. The normalized spacial score (nSPS) is 24.7. The second-order valence-electron chi connectivity index (χ2n) is 6.49. The van der Waals surface area contributed by atoms with Crippen LogP contribution in [0.2, 0.25) is 0 Å². The summed E-state index contributed by atoms with van der Waals surface area (Å²) in [6.45, 7) is 1.82. The van der Waals surface area contributed by atoms with Crippen molar-refractivity contribution in [1.29, 1.82) is 0 Å². The zero-order valence-electron chi connectivity index (χ0n) is 12.5. The Morgan fingerprint density at radius 3 is 2.33 bits per heavy atom. The smallest absolute Gasteiger partial charge is 0.223 e. The summed E-state index contributed by atoms with van der Waals surface area (Å²) in [6, 6.07) is 9.26. The van der Waals surface area contributed by atoms with Crippen molar-refractivity contribution >= 4 is 11.7 Å². The van der Waals surface area contributed by atoms with Crippen LogP contribution in [0.4, 0.5) is 0 Å². The number of benzene rings is 1. The van der Waals surface area contributed by atoms with Crippen LogP contribution in [0, 0.1) is 11.8 Å². The van der Waals surface area contributed by atoms with Gasteiger partial charge >= 0.3 is 0 Å². The Morgan fingerprint density at radius 2 is 1.67 bits per heavy atom. The molecule has 0 N–H and O–H groups in total. The number of piperidine rings is 1. The molecule has 2 bridgehead atoms. The van der Waals surface area contributed by atoms with E-state index in [1.54, 1.807) is 0 Å². The zero-order valence-corrected chi connectivity index (χ0v) is 12.5. The first-order chi connectivity index (χ1) is 10.2. The quantitative estimate of drug-likeness (QED) is 0.796. The van der Waals surface area contributed by atoms with Crippen LogP contribution in [0.3, 0.4) is 0 Å². The predicted molar refractivity (Wildman–Crippen MR) is 82.0 cm³/mol. The van der Waals surface area contributed by atoms with Crippen LogP contribution in [-0.2, 0) is 4.79 Å². The summed E-state index contributed by atoms with van der Waals surface area (Å²) in [6.07, 6.45) is 5.84. The highest BCUT2D eigenvalue weighted by Gasteiger charge is 2.32. The maximum atomic E-state index is 12.3. The van der Waals surface area contributed by atoms with Gasteiger partial charge in [0.05, 0.1) is 0 Å². The van der Waals surface area contributed by atoms with Crippen molar-refractivity contribution in [2.24, 2.45) is 11.8 Å². The van der Waals surface area contributed by atoms with Crippen molar-refractivity contribution in [1.82, 2.24) is 4.90 Å². The number of likely N-dealkylation sites (tertiary alicyclic amines) is 1. The molecule has 1 saturated heterocycles. The largest absolute Gasteiger partial charge is 0.342 e. The van der Waals surface area contributed by atoms with Crippen molar-refractivity contribution < 1.29 is 9.59 Å². The first-order valence-electron chi connectivity index (χ1n) is 8.08. The average molecular weight is 285 g/mol. The molecule has 0 spiro atoms. The molecule has 1 aliphatic heterocycles. The minimum absolute atomic E-state index is 0.0705. The summed E-state index contributed by atoms with van der Waals surface area (Å²) < 4.78 is 0. The van der Waals surface area contributed by atoms with Crippen molar-refractivity contribution in [3.05, 3.63) is 35.9 Å². The summed E-state index contributed by atoms with van der Waals surface area (Å²) in [5, 5.41) is 0. The maximum Gasteiger partial charge on any atom is 0.223 e. The molecule has 1 amide bonds. The van der Waals surface area contributed by atoms with Crippen LogP contribution in [0.5, 0.6) is 0 Å². The molecule has 2 atom stereocenters. The standard InChI is InChI=1S/C18H23NO2/c20-17(16-7-2-1-3-8-16)9-10-18(21)19-12-14-5-4-6-15(11-14)13-19/h1-3,7-8,14-15H,4-6,9-13H2. The Balaban J connectivity index is 1.51. The molecule has 2 aliphatic rings. The minimum Gasteiger partial charge on any atom is -0.342 e. The van der Waals surface area contributed by atoms with Gasteiger partial charge in [-0.25, -0.2) is 0 Å². The Kier molecular flexibility index (Phi) is 4.37. The minimum atomic E-state index is 0.0705. The number of nitrogens with zero attached hydrogens (tertiary/aromatic N) is 1. The summed E-state index contributed by atoms with van der Waals surface area (Å²) in [4.78, 5) is 26.4. The van der Waals surface area contributed by atoms with E-state index in [4.69, 9.17) is 0 Å². The highest BCUT2D eigenvalue weighted by molar-refractivity contribution is 5.97. The number of hydrogen-bond acceptors (Lipinski definition) is 2. The second kappa shape index (κ2) is 6.42. The van der Waals surface area contributed by atoms with E-state index in [9.17, 15) is 9.59 Å². The third kappa shape index (κ3) is 3.52. The van der Waals surface area contributed by atoms with Crippen molar-refractivity contribution in [3.8, 4) is 0 Å². The van der Waals surface area contributed by atoms with Crippen LogP contribution in [0.1, 0.15) is 48.9 Å². The molecule has 0 radical (unpaired) electrons. The van der Waals surface area contributed by atoms with Crippen LogP contribution in [0.15, 0.2) is 30.3 Å². The van der Waals surface area contributed by atoms with E-state index >= 15 is 0 Å². The highest BCUT2D eigenvalue weighted by atomic mass is 16.2. The predicted octanol–water partition coefficient (Wildman–Crippen LogP) is 3.30. The molecule has 21 heavy (non-hydrogen) atoms. The molecule has 2 fully saturated rings. The van der Waals surface area contributed by atoms with Gasteiger partial charge < -0.3 is 4.90 Å². The van der Waals surface area contributed by atoms with Crippen LogP contribution in [-0.4, -0.2) is 29.7 Å². The fourth-order valence-corrected chi connectivity index (χ4v) is 3.78. The number of carbonyl (C=O) groups excluding carboxylic acids is 2. The van der Waals surface area contributed by atoms with Gasteiger partial charge in [-0.3, -0.25) is 9.59 Å². The Labute approximate surface area is 126 Å². The summed E-state index contributed by atoms with van der Waals surface area (Å²) >= 11 is 0. The molecule has 3 nitrogen and oxygen atoms in total. The lowest BCUT2D eigenvalue weighted by Gasteiger charge is -2.41.